The van der Waals surface area contributed by atoms with Crippen LogP contribution in [0.5, 0.6) is 5.75 Å². The molecule has 2 N–H and O–H groups in total. The largest absolute Gasteiger partial charge is 0.485 e. The van der Waals surface area contributed by atoms with Crippen LogP contribution in [0.25, 0.3) is 0 Å². The molecule has 0 bridgehead atoms. The Balaban J connectivity index is 1.67. The minimum Gasteiger partial charge on any atom is -0.485 e. The second-order valence-electron chi connectivity index (χ2n) is 5.07. The molecule has 0 unspecified atom stereocenters. The Morgan fingerprint density at radius 2 is 2.38 bits per heavy atom. The monoisotopic (exact) mass is 309 g/mol. The first-order valence-electron chi connectivity index (χ1n) is 6.79. The molecule has 21 heavy (non-hydrogen) atoms. The molecule has 2 heterocycles. The van der Waals surface area contributed by atoms with Crippen LogP contribution in [-0.4, -0.2) is 38.0 Å². The van der Waals surface area contributed by atoms with E-state index in [-0.39, 0.29) is 18.1 Å². The quantitative estimate of drug-likeness (QED) is 0.897. The van der Waals surface area contributed by atoms with Crippen LogP contribution >= 0.6 is 11.6 Å². The first-order chi connectivity index (χ1) is 10.1. The van der Waals surface area contributed by atoms with Crippen LogP contribution in [0.15, 0.2) is 18.6 Å². The van der Waals surface area contributed by atoms with Crippen molar-refractivity contribution in [1.29, 1.82) is 0 Å². The van der Waals surface area contributed by atoms with Crippen LogP contribution < -0.4 is 10.1 Å². The third-order valence-electron chi connectivity index (χ3n) is 3.64. The number of H-pyrrole nitrogens is 1. The molecule has 1 aliphatic carbocycles. The van der Waals surface area contributed by atoms with Crippen molar-refractivity contribution in [2.45, 2.75) is 31.4 Å². The van der Waals surface area contributed by atoms with E-state index in [0.29, 0.717) is 16.5 Å². The Morgan fingerprint density at radius 1 is 1.52 bits per heavy atom. The van der Waals surface area contributed by atoms with Crippen molar-refractivity contribution in [3.63, 3.8) is 0 Å². The van der Waals surface area contributed by atoms with Crippen LogP contribution in [-0.2, 0) is 7.05 Å². The van der Waals surface area contributed by atoms with Gasteiger partial charge in [-0.15, -0.1) is 0 Å². The number of nitrogens with one attached hydrogen (secondary N) is 2. The number of aromatic nitrogens is 4. The molecule has 2 aromatic heterocycles. The maximum absolute atomic E-state index is 12.3. The molecule has 2 aromatic rings. The third-order valence-corrected chi connectivity index (χ3v) is 3.92. The van der Waals surface area contributed by atoms with Crippen molar-refractivity contribution in [3.8, 4) is 5.75 Å². The normalized spacial score (nSPS) is 21.4. The van der Waals surface area contributed by atoms with Gasteiger partial charge >= 0.3 is 0 Å². The molecule has 1 saturated carbocycles. The fraction of sp³-hybridized carbons (Fsp3) is 0.462. The molecule has 2 atom stereocenters. The summed E-state index contributed by atoms with van der Waals surface area (Å²) in [7, 11) is 1.69. The molecule has 0 saturated heterocycles. The van der Waals surface area contributed by atoms with Gasteiger partial charge in [0.15, 0.2) is 5.75 Å². The summed E-state index contributed by atoms with van der Waals surface area (Å²) >= 11 is 5.99. The van der Waals surface area contributed by atoms with Gasteiger partial charge in [-0.05, 0) is 19.3 Å². The third kappa shape index (κ3) is 2.87. The van der Waals surface area contributed by atoms with Crippen LogP contribution in [0.2, 0.25) is 5.02 Å². The molecule has 3 rings (SSSR count). The second-order valence-corrected chi connectivity index (χ2v) is 5.47. The summed E-state index contributed by atoms with van der Waals surface area (Å²) in [5.74, 6) is 0.451. The topological polar surface area (TPSA) is 84.8 Å². The zero-order chi connectivity index (χ0) is 14.8. The van der Waals surface area contributed by atoms with Crippen LogP contribution in [0.4, 0.5) is 0 Å². The van der Waals surface area contributed by atoms with Crippen molar-refractivity contribution < 1.29 is 9.53 Å². The van der Waals surface area contributed by atoms with E-state index in [9.17, 15) is 4.79 Å². The smallest absolute Gasteiger partial charge is 0.271 e. The van der Waals surface area contributed by atoms with E-state index in [0.717, 1.165) is 19.3 Å². The number of carbonyl (C=O) groups excluding carboxylic acids is 1. The molecular formula is C13H16ClN5O2. The zero-order valence-electron chi connectivity index (χ0n) is 11.5. The van der Waals surface area contributed by atoms with Crippen LogP contribution in [0.3, 0.4) is 0 Å². The van der Waals surface area contributed by atoms with Crippen molar-refractivity contribution in [2.24, 2.45) is 7.05 Å². The van der Waals surface area contributed by atoms with Crippen LogP contribution in [0.1, 0.15) is 29.8 Å². The first kappa shape index (κ1) is 13.9. The van der Waals surface area contributed by atoms with E-state index in [4.69, 9.17) is 16.3 Å². The Bertz CT molecular complexity index is 605. The lowest BCUT2D eigenvalue weighted by atomic mass is 10.2. The summed E-state index contributed by atoms with van der Waals surface area (Å²) in [6.45, 7) is 0. The fourth-order valence-corrected chi connectivity index (χ4v) is 2.87. The van der Waals surface area contributed by atoms with Crippen molar-refractivity contribution in [2.75, 3.05) is 0 Å². The average molecular weight is 310 g/mol. The summed E-state index contributed by atoms with van der Waals surface area (Å²) in [5, 5.41) is 13.9. The van der Waals surface area contributed by atoms with Gasteiger partial charge in [-0.3, -0.25) is 14.6 Å². The van der Waals surface area contributed by atoms with E-state index in [1.54, 1.807) is 19.4 Å². The van der Waals surface area contributed by atoms with Gasteiger partial charge in [-0.25, -0.2) is 0 Å². The Labute approximate surface area is 126 Å². The zero-order valence-corrected chi connectivity index (χ0v) is 12.3. The Kier molecular flexibility index (Phi) is 3.83. The molecule has 1 fully saturated rings. The van der Waals surface area contributed by atoms with E-state index in [2.05, 4.69) is 20.6 Å². The maximum atomic E-state index is 12.3. The van der Waals surface area contributed by atoms with E-state index in [1.807, 2.05) is 0 Å². The average Bonchev–Trinajstić information content (AvgIpc) is 3.15. The lowest BCUT2D eigenvalue weighted by Gasteiger charge is -2.21. The maximum Gasteiger partial charge on any atom is 0.271 e. The highest BCUT2D eigenvalue weighted by atomic mass is 35.5. The molecule has 0 aliphatic heterocycles. The molecule has 1 aliphatic rings. The molecule has 0 spiro atoms. The molecular weight excluding hydrogens is 294 g/mol. The van der Waals surface area contributed by atoms with Gasteiger partial charge < -0.3 is 10.1 Å². The molecule has 7 nitrogen and oxygen atoms in total. The highest BCUT2D eigenvalue weighted by Gasteiger charge is 2.31. The van der Waals surface area contributed by atoms with Gasteiger partial charge in [-0.1, -0.05) is 11.6 Å². The lowest BCUT2D eigenvalue weighted by Crippen LogP contribution is -2.43. The van der Waals surface area contributed by atoms with Crippen LogP contribution in [0, 0.1) is 0 Å². The molecule has 0 aromatic carbocycles. The van der Waals surface area contributed by atoms with Gasteiger partial charge in [0.1, 0.15) is 11.8 Å². The summed E-state index contributed by atoms with van der Waals surface area (Å²) in [5.41, 5.74) is 0.366. The number of carbonyl (C=O) groups is 1. The Morgan fingerprint density at radius 3 is 3.05 bits per heavy atom. The number of aryl methyl sites for hydroxylation is 1. The number of halogens is 1. The highest BCUT2D eigenvalue weighted by molar-refractivity contribution is 6.33. The summed E-state index contributed by atoms with van der Waals surface area (Å²) < 4.78 is 7.31. The van der Waals surface area contributed by atoms with Crippen molar-refractivity contribution in [1.82, 2.24) is 25.3 Å². The lowest BCUT2D eigenvalue weighted by molar-refractivity contribution is 0.0885. The predicted molar refractivity (Wildman–Crippen MR) is 76.3 cm³/mol. The summed E-state index contributed by atoms with van der Waals surface area (Å²) in [4.78, 5) is 12.3. The van der Waals surface area contributed by atoms with Crippen molar-refractivity contribution in [3.05, 3.63) is 29.3 Å². The SMILES string of the molecule is Cn1ncc(Cl)c1C(=O)N[C@H]1CCC[C@H]1Oc1cn[nH]c1. The van der Waals surface area contributed by atoms with Gasteiger partial charge in [0.25, 0.3) is 5.91 Å². The number of hydrogen-bond donors (Lipinski definition) is 2. The fourth-order valence-electron chi connectivity index (χ4n) is 2.61. The number of aromatic amines is 1. The second kappa shape index (κ2) is 5.77. The number of rotatable bonds is 4. The Hall–Kier alpha value is -2.02. The predicted octanol–water partition coefficient (Wildman–Crippen LogP) is 1.53. The van der Waals surface area contributed by atoms with E-state index >= 15 is 0 Å². The summed E-state index contributed by atoms with van der Waals surface area (Å²) in [6.07, 6.45) is 7.50. The molecule has 112 valence electrons. The minimum absolute atomic E-state index is 0.0432. The number of ether oxygens (including phenoxy) is 1. The van der Waals surface area contributed by atoms with Gasteiger partial charge in [0, 0.05) is 7.05 Å². The first-order valence-corrected chi connectivity index (χ1v) is 7.16. The standard InChI is InChI=1S/C13H16ClN5O2/c1-19-12(9(14)7-17-19)13(20)18-10-3-2-4-11(10)21-8-5-15-16-6-8/h5-7,10-11H,2-4H2,1H3,(H,15,16)(H,18,20)/t10-,11+/m0/s1. The van der Waals surface area contributed by atoms with E-state index in [1.165, 1.54) is 10.9 Å². The highest BCUT2D eigenvalue weighted by Crippen LogP contribution is 2.25. The number of hydrogen-bond acceptors (Lipinski definition) is 4. The number of nitrogens with zero attached hydrogens (tertiary/aromatic N) is 3. The van der Waals surface area contributed by atoms with Gasteiger partial charge in [0.2, 0.25) is 0 Å². The van der Waals surface area contributed by atoms with Gasteiger partial charge in [-0.2, -0.15) is 10.2 Å². The minimum atomic E-state index is -0.229. The van der Waals surface area contributed by atoms with E-state index < -0.39 is 0 Å². The van der Waals surface area contributed by atoms with Crippen molar-refractivity contribution >= 4 is 17.5 Å². The molecule has 8 heteroatoms. The van der Waals surface area contributed by atoms with Gasteiger partial charge in [0.05, 0.1) is 29.7 Å². The molecule has 0 radical (unpaired) electrons. The summed E-state index contributed by atoms with van der Waals surface area (Å²) in [6, 6.07) is -0.0432. The molecule has 1 amide bonds. The number of amides is 1.